The first-order chi connectivity index (χ1) is 35.2. The fourth-order valence-corrected chi connectivity index (χ4v) is 9.13. The van der Waals surface area contributed by atoms with Crippen molar-refractivity contribution < 1.29 is 14.7 Å². The van der Waals surface area contributed by atoms with Crippen LogP contribution in [0.2, 0.25) is 0 Å². The van der Waals surface area contributed by atoms with E-state index < -0.39 is 36.6 Å². The van der Waals surface area contributed by atoms with E-state index >= 15 is 0 Å². The number of benzene rings is 7. The molecule has 7 aromatic carbocycles. The molecule has 0 saturated heterocycles. The number of rotatable bonds is 9. The van der Waals surface area contributed by atoms with E-state index in [1.807, 2.05) is 6.07 Å². The van der Waals surface area contributed by atoms with Crippen molar-refractivity contribution in [2.24, 2.45) is 0 Å². The van der Waals surface area contributed by atoms with E-state index in [0.717, 1.165) is 77.9 Å². The first-order valence-electron chi connectivity index (χ1n) is 27.2. The maximum absolute atomic E-state index is 12.5. The normalized spacial score (nSPS) is 13.8. The smallest absolute Gasteiger partial charge is 0.149 e. The van der Waals surface area contributed by atoms with Gasteiger partial charge in [-0.05, 0) is 146 Å². The summed E-state index contributed by atoms with van der Waals surface area (Å²) < 4.78 is 61.1. The third-order valence-corrected chi connectivity index (χ3v) is 13.2. The van der Waals surface area contributed by atoms with E-state index in [2.05, 4.69) is 190 Å². The molecule has 2 aromatic heterocycles. The van der Waals surface area contributed by atoms with Crippen LogP contribution in [0.3, 0.4) is 0 Å². The van der Waals surface area contributed by atoms with Crippen LogP contribution < -0.4 is 0 Å². The third-order valence-electron chi connectivity index (χ3n) is 13.2. The molecule has 9 aromatic rings. The van der Waals surface area contributed by atoms with E-state index in [-0.39, 0.29) is 34.0 Å². The first-order valence-corrected chi connectivity index (χ1v) is 23.7. The average Bonchev–Trinajstić information content (AvgIpc) is 3.76. The Hall–Kier alpha value is -7.04. The van der Waals surface area contributed by atoms with Gasteiger partial charge in [-0.2, -0.15) is 0 Å². The van der Waals surface area contributed by atoms with Gasteiger partial charge in [-0.1, -0.05) is 178 Å². The molecule has 0 atom stereocenters. The first kappa shape index (κ1) is 38.0. The second-order valence-corrected chi connectivity index (χ2v) is 20.9. The lowest BCUT2D eigenvalue weighted by atomic mass is 9.83. The van der Waals surface area contributed by atoms with Crippen LogP contribution in [-0.2, 0) is 10.8 Å². The molecule has 0 unspecified atom stereocenters. The summed E-state index contributed by atoms with van der Waals surface area (Å²) in [5.41, 5.74) is 15.1. The van der Waals surface area contributed by atoms with Gasteiger partial charge in [0.05, 0.1) is 33.5 Å². The van der Waals surface area contributed by atoms with Crippen molar-refractivity contribution in [2.45, 2.75) is 106 Å². The van der Waals surface area contributed by atoms with Gasteiger partial charge in [0.1, 0.15) is 11.6 Å². The van der Waals surface area contributed by atoms with Gasteiger partial charge in [0.25, 0.3) is 0 Å². The predicted molar refractivity (Wildman–Crippen MR) is 288 cm³/mol. The molecule has 0 aliphatic rings. The van der Waals surface area contributed by atoms with E-state index in [1.54, 1.807) is 18.3 Å². The minimum absolute atomic E-state index is 0.00125. The minimum atomic E-state index is -2.83. The number of aryl methyl sites for hydroxylation is 1. The predicted octanol–water partition coefficient (Wildman–Crippen LogP) is 17.6. The van der Waals surface area contributed by atoms with Gasteiger partial charge in [-0.3, -0.25) is 9.55 Å². The quantitative estimate of drug-likeness (QED) is 0.157. The molecule has 0 spiro atoms. The monoisotopic (exact) mass is 899 g/mol. The lowest BCUT2D eigenvalue weighted by Crippen LogP contribution is -2.11. The summed E-state index contributed by atoms with van der Waals surface area (Å²) >= 11 is 0. The van der Waals surface area contributed by atoms with Crippen LogP contribution in [0, 0.1) is 13.8 Å². The largest absolute Gasteiger partial charge is 0.507 e. The SMILES string of the molecule is [2H]c1c([2H])c(C([2H])([2H])[2H])c([2H])c([2H])c1-c1ccnc(-c2cc(-c3cccc4c3nc(-c3cc(C(C)C)cc(C(C)C)c3O)n4-c3cc(C)c(-c4ccccc4)cc3-c3ccc(C(C)(C)C)cc3)cc(C(C)(C)C)c2)c1. The highest BCUT2D eigenvalue weighted by Gasteiger charge is 2.27. The summed E-state index contributed by atoms with van der Waals surface area (Å²) in [4.78, 5) is 10.5. The van der Waals surface area contributed by atoms with Crippen LogP contribution in [0.4, 0.5) is 0 Å². The molecule has 2 heterocycles. The highest BCUT2D eigenvalue weighted by molar-refractivity contribution is 5.98. The number of hydrogen-bond acceptors (Lipinski definition) is 3. The molecule has 0 amide bonds. The summed E-state index contributed by atoms with van der Waals surface area (Å²) in [6.45, 7) is 21.0. The summed E-state index contributed by atoms with van der Waals surface area (Å²) in [6.07, 6.45) is 1.58. The second kappa shape index (κ2) is 17.9. The lowest BCUT2D eigenvalue weighted by Gasteiger charge is -2.22. The average molecular weight is 899 g/mol. The third kappa shape index (κ3) is 8.93. The van der Waals surface area contributed by atoms with Gasteiger partial charge in [-0.15, -0.1) is 0 Å². The fraction of sp³-hybridized carbons (Fsp3) is 0.250. The van der Waals surface area contributed by atoms with E-state index in [1.165, 1.54) is 5.56 Å². The molecule has 1 N–H and O–H groups in total. The summed E-state index contributed by atoms with van der Waals surface area (Å²) in [6, 6.07) is 42.0. The Morgan fingerprint density at radius 1 is 0.574 bits per heavy atom. The Balaban J connectivity index is 1.34. The fourth-order valence-electron chi connectivity index (χ4n) is 9.13. The zero-order valence-electron chi connectivity index (χ0n) is 48.1. The molecule has 0 aliphatic carbocycles. The van der Waals surface area contributed by atoms with Crippen molar-refractivity contribution in [3.8, 4) is 78.6 Å². The zero-order valence-corrected chi connectivity index (χ0v) is 41.1. The number of aromatic hydroxyl groups is 1. The molecule has 4 heteroatoms. The van der Waals surface area contributed by atoms with Crippen LogP contribution in [0.15, 0.2) is 158 Å². The van der Waals surface area contributed by atoms with Crippen molar-refractivity contribution in [3.05, 3.63) is 191 Å². The highest BCUT2D eigenvalue weighted by Crippen LogP contribution is 2.46. The molecular weight excluding hydrogens is 827 g/mol. The van der Waals surface area contributed by atoms with Crippen molar-refractivity contribution in [3.63, 3.8) is 0 Å². The Bertz CT molecular complexity index is 3640. The molecular formula is C64H65N3O. The van der Waals surface area contributed by atoms with Crippen molar-refractivity contribution in [1.29, 1.82) is 0 Å². The second-order valence-electron chi connectivity index (χ2n) is 20.9. The standard InChI is InChI=1S/C64H65N3O/c1-39(2)47-35-53(40(3)4)61(68)56(36-47)62-66-60-52(48-32-49(34-51(33-48)64(10,11)12)57-37-46(29-30-65-57)43-23-21-41(5)22-24-43)19-16-20-58(60)67(62)59-31-42(6)54(44-17-14-13-15-18-44)38-55(59)45-25-27-50(28-26-45)63(7,8)9/h13-40,68H,1-12H3/i5D3,21D,22D,23D,24D. The van der Waals surface area contributed by atoms with Crippen LogP contribution in [0.5, 0.6) is 5.75 Å². The molecule has 0 radical (unpaired) electrons. The van der Waals surface area contributed by atoms with E-state index in [9.17, 15) is 5.11 Å². The van der Waals surface area contributed by atoms with Gasteiger partial charge in [0.15, 0.2) is 0 Å². The number of nitrogens with zero attached hydrogens (tertiary/aromatic N) is 3. The van der Waals surface area contributed by atoms with Crippen LogP contribution >= 0.6 is 0 Å². The summed E-state index contributed by atoms with van der Waals surface area (Å²) in [5, 5.41) is 12.5. The number of fused-ring (bicyclic) bond motifs is 1. The maximum atomic E-state index is 12.5. The molecule has 342 valence electrons. The molecule has 0 aliphatic heterocycles. The van der Waals surface area contributed by atoms with Gasteiger partial charge in [-0.25, -0.2) is 4.98 Å². The van der Waals surface area contributed by atoms with Crippen LogP contribution in [0.25, 0.3) is 83.9 Å². The Labute approximate surface area is 414 Å². The van der Waals surface area contributed by atoms with E-state index in [4.69, 9.17) is 19.6 Å². The zero-order chi connectivity index (χ0) is 54.2. The van der Waals surface area contributed by atoms with Crippen LogP contribution in [-0.4, -0.2) is 19.6 Å². The number of phenols is 1. The van der Waals surface area contributed by atoms with E-state index in [0.29, 0.717) is 22.6 Å². The Morgan fingerprint density at radius 3 is 1.93 bits per heavy atom. The summed E-state index contributed by atoms with van der Waals surface area (Å²) in [5.74, 6) is 0.994. The maximum Gasteiger partial charge on any atom is 0.149 e. The molecule has 68 heavy (non-hydrogen) atoms. The van der Waals surface area contributed by atoms with Crippen molar-refractivity contribution >= 4 is 11.0 Å². The van der Waals surface area contributed by atoms with Crippen molar-refractivity contribution in [1.82, 2.24) is 14.5 Å². The van der Waals surface area contributed by atoms with Gasteiger partial charge < -0.3 is 5.11 Å². The topological polar surface area (TPSA) is 50.9 Å². The number of para-hydroxylation sites is 1. The van der Waals surface area contributed by atoms with Crippen molar-refractivity contribution in [2.75, 3.05) is 0 Å². The van der Waals surface area contributed by atoms with Gasteiger partial charge >= 0.3 is 0 Å². The Morgan fingerprint density at radius 2 is 1.26 bits per heavy atom. The highest BCUT2D eigenvalue weighted by atomic mass is 16.3. The number of phenolic OH excluding ortho intramolecular Hbond substituents is 1. The van der Waals surface area contributed by atoms with Crippen LogP contribution in [0.1, 0.15) is 124 Å². The molecule has 0 fully saturated rings. The molecule has 9 rings (SSSR count). The molecule has 4 nitrogen and oxygen atoms in total. The van der Waals surface area contributed by atoms with Gasteiger partial charge in [0.2, 0.25) is 0 Å². The number of pyridine rings is 1. The Kier molecular flexibility index (Phi) is 9.99. The number of aromatic nitrogens is 3. The number of hydrogen-bond donors (Lipinski definition) is 1. The van der Waals surface area contributed by atoms with Gasteiger partial charge in [0, 0.05) is 27.0 Å². The lowest BCUT2D eigenvalue weighted by molar-refractivity contribution is 0.466. The minimum Gasteiger partial charge on any atom is -0.507 e. The molecule has 0 saturated carbocycles. The summed E-state index contributed by atoms with van der Waals surface area (Å²) in [7, 11) is 0. The number of imidazole rings is 1. The molecule has 0 bridgehead atoms.